The molecule has 2 aromatic rings. The van der Waals surface area contributed by atoms with E-state index in [0.29, 0.717) is 49.8 Å². The van der Waals surface area contributed by atoms with Gasteiger partial charge in [-0.1, -0.05) is 12.5 Å². The number of methoxy groups -OCH3 is 1. The van der Waals surface area contributed by atoms with Crippen molar-refractivity contribution in [2.24, 2.45) is 0 Å². The van der Waals surface area contributed by atoms with Gasteiger partial charge in [0, 0.05) is 31.7 Å². The Morgan fingerprint density at radius 2 is 1.69 bits per heavy atom. The molecular formula is C24H32N2O5S. The van der Waals surface area contributed by atoms with Crippen molar-refractivity contribution in [3.8, 4) is 11.5 Å². The van der Waals surface area contributed by atoms with Gasteiger partial charge in [0.2, 0.25) is 10.0 Å². The van der Waals surface area contributed by atoms with Crippen LogP contribution in [-0.4, -0.2) is 56.9 Å². The molecule has 174 valence electrons. The normalized spacial score (nSPS) is 14.7. The van der Waals surface area contributed by atoms with Crippen LogP contribution in [0.2, 0.25) is 0 Å². The van der Waals surface area contributed by atoms with Gasteiger partial charge in [-0.15, -0.1) is 0 Å². The quantitative estimate of drug-likeness (QED) is 0.567. The average Bonchev–Trinajstić information content (AvgIpc) is 2.83. The lowest BCUT2D eigenvalue weighted by molar-refractivity contribution is 0.0752. The fourth-order valence-electron chi connectivity index (χ4n) is 3.84. The average molecular weight is 461 g/mol. The maximum absolute atomic E-state index is 13.1. The Kier molecular flexibility index (Phi) is 8.15. The van der Waals surface area contributed by atoms with E-state index in [9.17, 15) is 13.2 Å². The summed E-state index contributed by atoms with van der Waals surface area (Å²) in [6.45, 7) is 6.40. The van der Waals surface area contributed by atoms with E-state index < -0.39 is 10.0 Å². The number of ether oxygens (including phenoxy) is 2. The van der Waals surface area contributed by atoms with Crippen molar-refractivity contribution in [3.05, 3.63) is 53.6 Å². The number of sulfonamides is 1. The Morgan fingerprint density at radius 1 is 1.00 bits per heavy atom. The number of piperidine rings is 1. The summed E-state index contributed by atoms with van der Waals surface area (Å²) in [6.07, 6.45) is 2.84. The predicted octanol–water partition coefficient (Wildman–Crippen LogP) is 3.93. The topological polar surface area (TPSA) is 76.2 Å². The van der Waals surface area contributed by atoms with E-state index in [1.54, 1.807) is 24.1 Å². The van der Waals surface area contributed by atoms with Gasteiger partial charge >= 0.3 is 0 Å². The molecule has 1 aliphatic rings. The highest BCUT2D eigenvalue weighted by Gasteiger charge is 2.26. The number of carbonyl (C=O) groups excluding carboxylic acids is 1. The minimum absolute atomic E-state index is 0.151. The first kappa shape index (κ1) is 24.1. The monoisotopic (exact) mass is 460 g/mol. The van der Waals surface area contributed by atoms with Gasteiger partial charge in [0.15, 0.2) is 11.5 Å². The maximum atomic E-state index is 13.1. The molecule has 1 amide bonds. The Labute approximate surface area is 191 Å². The minimum Gasteiger partial charge on any atom is -0.493 e. The molecule has 8 heteroatoms. The molecule has 0 radical (unpaired) electrons. The highest BCUT2D eigenvalue weighted by molar-refractivity contribution is 7.89. The van der Waals surface area contributed by atoms with Crippen LogP contribution in [0.25, 0.3) is 0 Å². The van der Waals surface area contributed by atoms with Crippen LogP contribution < -0.4 is 9.47 Å². The van der Waals surface area contributed by atoms with E-state index in [4.69, 9.17) is 9.47 Å². The number of hydrogen-bond donors (Lipinski definition) is 0. The number of nitrogens with zero attached hydrogens (tertiary/aromatic N) is 2. The SMILES string of the molecule is CCOc1ccc(CN(CC)C(=O)c2ccc(S(=O)(=O)N3CCCCC3)cc2)cc1OC. The molecule has 32 heavy (non-hydrogen) atoms. The van der Waals surface area contributed by atoms with E-state index in [2.05, 4.69) is 0 Å². The zero-order valence-corrected chi connectivity index (χ0v) is 19.9. The molecule has 2 aromatic carbocycles. The molecule has 0 atom stereocenters. The number of amides is 1. The zero-order chi connectivity index (χ0) is 23.1. The van der Waals surface area contributed by atoms with Crippen LogP contribution in [0.15, 0.2) is 47.4 Å². The zero-order valence-electron chi connectivity index (χ0n) is 19.0. The summed E-state index contributed by atoms with van der Waals surface area (Å²) in [7, 11) is -1.93. The lowest BCUT2D eigenvalue weighted by Crippen LogP contribution is -2.35. The van der Waals surface area contributed by atoms with Crippen LogP contribution in [0.3, 0.4) is 0 Å². The van der Waals surface area contributed by atoms with Gasteiger partial charge in [0.1, 0.15) is 0 Å². The summed E-state index contributed by atoms with van der Waals surface area (Å²) in [6, 6.07) is 11.9. The first-order chi connectivity index (χ1) is 15.4. The van der Waals surface area contributed by atoms with Crippen LogP contribution in [-0.2, 0) is 16.6 Å². The first-order valence-electron chi connectivity index (χ1n) is 11.1. The number of rotatable bonds is 9. The largest absolute Gasteiger partial charge is 0.493 e. The van der Waals surface area contributed by atoms with Gasteiger partial charge in [0.25, 0.3) is 5.91 Å². The molecule has 1 saturated heterocycles. The van der Waals surface area contributed by atoms with Gasteiger partial charge in [-0.2, -0.15) is 4.31 Å². The van der Waals surface area contributed by atoms with Crippen molar-refractivity contribution in [2.75, 3.05) is 33.4 Å². The van der Waals surface area contributed by atoms with E-state index in [-0.39, 0.29) is 10.8 Å². The van der Waals surface area contributed by atoms with Gasteiger partial charge in [-0.05, 0) is 68.7 Å². The molecule has 0 saturated carbocycles. The smallest absolute Gasteiger partial charge is 0.254 e. The third-order valence-electron chi connectivity index (χ3n) is 5.62. The number of benzene rings is 2. The van der Waals surface area contributed by atoms with E-state index in [1.165, 1.54) is 16.4 Å². The summed E-state index contributed by atoms with van der Waals surface area (Å²) < 4.78 is 38.2. The van der Waals surface area contributed by atoms with Crippen molar-refractivity contribution in [2.45, 2.75) is 44.6 Å². The number of hydrogen-bond acceptors (Lipinski definition) is 5. The fourth-order valence-corrected chi connectivity index (χ4v) is 5.36. The lowest BCUT2D eigenvalue weighted by Gasteiger charge is -2.26. The summed E-state index contributed by atoms with van der Waals surface area (Å²) in [5.74, 6) is 1.14. The van der Waals surface area contributed by atoms with Crippen molar-refractivity contribution >= 4 is 15.9 Å². The molecule has 0 aliphatic carbocycles. The second-order valence-corrected chi connectivity index (χ2v) is 9.66. The molecular weight excluding hydrogens is 428 g/mol. The molecule has 1 aliphatic heterocycles. The van der Waals surface area contributed by atoms with Crippen molar-refractivity contribution in [1.29, 1.82) is 0 Å². The second-order valence-electron chi connectivity index (χ2n) is 7.73. The van der Waals surface area contributed by atoms with Crippen LogP contribution in [0.4, 0.5) is 0 Å². The molecule has 3 rings (SSSR count). The summed E-state index contributed by atoms with van der Waals surface area (Å²) in [4.78, 5) is 15.0. The van der Waals surface area contributed by atoms with Crippen LogP contribution >= 0.6 is 0 Å². The highest BCUT2D eigenvalue weighted by Crippen LogP contribution is 2.29. The van der Waals surface area contributed by atoms with E-state index in [1.807, 2.05) is 32.0 Å². The van der Waals surface area contributed by atoms with Gasteiger partial charge < -0.3 is 14.4 Å². The van der Waals surface area contributed by atoms with Gasteiger partial charge in [-0.25, -0.2) is 8.42 Å². The summed E-state index contributed by atoms with van der Waals surface area (Å²) in [5, 5.41) is 0. The molecule has 0 aromatic heterocycles. The maximum Gasteiger partial charge on any atom is 0.254 e. The molecule has 1 heterocycles. The predicted molar refractivity (Wildman–Crippen MR) is 124 cm³/mol. The van der Waals surface area contributed by atoms with Gasteiger partial charge in [-0.3, -0.25) is 4.79 Å². The van der Waals surface area contributed by atoms with E-state index in [0.717, 1.165) is 24.8 Å². The molecule has 0 spiro atoms. The van der Waals surface area contributed by atoms with Crippen LogP contribution in [0.1, 0.15) is 49.0 Å². The number of carbonyl (C=O) groups is 1. The summed E-state index contributed by atoms with van der Waals surface area (Å²) >= 11 is 0. The van der Waals surface area contributed by atoms with Gasteiger partial charge in [0.05, 0.1) is 18.6 Å². The third-order valence-corrected chi connectivity index (χ3v) is 7.54. The lowest BCUT2D eigenvalue weighted by atomic mass is 10.1. The highest BCUT2D eigenvalue weighted by atomic mass is 32.2. The molecule has 1 fully saturated rings. The Bertz CT molecular complexity index is 1020. The minimum atomic E-state index is -3.51. The van der Waals surface area contributed by atoms with E-state index >= 15 is 0 Å². The summed E-state index contributed by atoms with van der Waals surface area (Å²) in [5.41, 5.74) is 1.38. The standard InChI is InChI=1S/C24H32N2O5S/c1-4-25(18-19-9-14-22(31-5-2)23(17-19)30-3)24(27)20-10-12-21(13-11-20)32(28,29)26-15-7-6-8-16-26/h9-14,17H,4-8,15-16,18H2,1-3H3. The molecule has 7 nitrogen and oxygen atoms in total. The second kappa shape index (κ2) is 10.8. The third kappa shape index (κ3) is 5.42. The molecule has 0 unspecified atom stereocenters. The van der Waals surface area contributed by atoms with Crippen molar-refractivity contribution in [1.82, 2.24) is 9.21 Å². The fraction of sp³-hybridized carbons (Fsp3) is 0.458. The Balaban J connectivity index is 1.74. The molecule has 0 N–H and O–H groups in total. The van der Waals surface area contributed by atoms with Crippen molar-refractivity contribution < 1.29 is 22.7 Å². The Hall–Kier alpha value is -2.58. The van der Waals surface area contributed by atoms with Crippen LogP contribution in [0.5, 0.6) is 11.5 Å². The van der Waals surface area contributed by atoms with Crippen LogP contribution in [0, 0.1) is 0 Å². The van der Waals surface area contributed by atoms with Crippen molar-refractivity contribution in [3.63, 3.8) is 0 Å². The molecule has 0 bridgehead atoms. The Morgan fingerprint density at radius 3 is 2.28 bits per heavy atom. The first-order valence-corrected chi connectivity index (χ1v) is 12.5.